The van der Waals surface area contributed by atoms with Crippen molar-refractivity contribution in [1.29, 1.82) is 5.26 Å². The van der Waals surface area contributed by atoms with Crippen molar-refractivity contribution < 1.29 is 19.4 Å². The molecular formula is C9H8N2O4. The highest BCUT2D eigenvalue weighted by Gasteiger charge is 2.20. The Morgan fingerprint density at radius 3 is 2.60 bits per heavy atom. The van der Waals surface area contributed by atoms with E-state index in [4.69, 9.17) is 19.8 Å². The van der Waals surface area contributed by atoms with Gasteiger partial charge in [-0.1, -0.05) is 0 Å². The van der Waals surface area contributed by atoms with Crippen LogP contribution in [0.4, 0.5) is 0 Å². The van der Waals surface area contributed by atoms with Gasteiger partial charge in [0.2, 0.25) is 5.88 Å². The van der Waals surface area contributed by atoms with E-state index in [9.17, 15) is 4.79 Å². The largest absolute Gasteiger partial charge is 0.496 e. The van der Waals surface area contributed by atoms with E-state index >= 15 is 0 Å². The number of aromatic carboxylic acids is 1. The van der Waals surface area contributed by atoms with Crippen molar-refractivity contribution in [3.05, 3.63) is 17.3 Å². The van der Waals surface area contributed by atoms with Crippen molar-refractivity contribution in [2.24, 2.45) is 0 Å². The molecule has 0 saturated carbocycles. The van der Waals surface area contributed by atoms with Gasteiger partial charge in [0.05, 0.1) is 14.2 Å². The predicted molar refractivity (Wildman–Crippen MR) is 49.0 cm³/mol. The monoisotopic (exact) mass is 208 g/mol. The highest BCUT2D eigenvalue weighted by molar-refractivity contribution is 5.93. The molecule has 1 N–H and O–H groups in total. The topological polar surface area (TPSA) is 92.4 Å². The number of carbonyl (C=O) groups is 1. The van der Waals surface area contributed by atoms with Crippen LogP contribution >= 0.6 is 0 Å². The van der Waals surface area contributed by atoms with Gasteiger partial charge in [-0.2, -0.15) is 5.26 Å². The van der Waals surface area contributed by atoms with Crippen LogP contribution in [-0.2, 0) is 0 Å². The first kappa shape index (κ1) is 10.8. The van der Waals surface area contributed by atoms with Crippen molar-refractivity contribution in [2.45, 2.75) is 0 Å². The molecule has 0 aliphatic carbocycles. The molecule has 0 bridgehead atoms. The molecule has 0 aromatic carbocycles. The zero-order valence-electron chi connectivity index (χ0n) is 8.14. The summed E-state index contributed by atoms with van der Waals surface area (Å²) >= 11 is 0. The maximum Gasteiger partial charge on any atom is 0.345 e. The van der Waals surface area contributed by atoms with Crippen molar-refractivity contribution in [2.75, 3.05) is 14.2 Å². The predicted octanol–water partition coefficient (Wildman–Crippen LogP) is 0.669. The summed E-state index contributed by atoms with van der Waals surface area (Å²) in [7, 11) is 2.58. The van der Waals surface area contributed by atoms with Crippen molar-refractivity contribution in [1.82, 2.24) is 4.98 Å². The number of methoxy groups -OCH3 is 2. The highest BCUT2D eigenvalue weighted by atomic mass is 16.5. The minimum absolute atomic E-state index is 0.0358. The number of nitrogens with zero attached hydrogens (tertiary/aromatic N) is 2. The Labute approximate surface area is 85.7 Å². The second-order valence-corrected chi connectivity index (χ2v) is 2.51. The molecule has 1 aromatic heterocycles. The lowest BCUT2D eigenvalue weighted by Gasteiger charge is -2.08. The maximum absolute atomic E-state index is 10.9. The fourth-order valence-electron chi connectivity index (χ4n) is 1.06. The molecule has 0 spiro atoms. The van der Waals surface area contributed by atoms with Crippen LogP contribution in [0.25, 0.3) is 0 Å². The van der Waals surface area contributed by atoms with Gasteiger partial charge in [-0.3, -0.25) is 0 Å². The lowest BCUT2D eigenvalue weighted by atomic mass is 10.2. The standard InChI is InChI=1S/C9H8N2O4/c1-14-6-3-5(4-10)11-8(15-2)7(6)9(12)13/h3H,1-2H3,(H,12,13). The summed E-state index contributed by atoms with van der Waals surface area (Å²) in [6.07, 6.45) is 0. The summed E-state index contributed by atoms with van der Waals surface area (Å²) in [5, 5.41) is 17.5. The molecular weight excluding hydrogens is 200 g/mol. The molecule has 0 aliphatic rings. The van der Waals surface area contributed by atoms with E-state index in [-0.39, 0.29) is 22.9 Å². The summed E-state index contributed by atoms with van der Waals surface area (Å²) in [4.78, 5) is 14.6. The van der Waals surface area contributed by atoms with Crippen LogP contribution in [0.3, 0.4) is 0 Å². The lowest BCUT2D eigenvalue weighted by Crippen LogP contribution is -2.06. The van der Waals surface area contributed by atoms with E-state index in [1.807, 2.05) is 0 Å². The first-order valence-electron chi connectivity index (χ1n) is 3.90. The van der Waals surface area contributed by atoms with Gasteiger partial charge in [0.15, 0.2) is 5.56 Å². The number of pyridine rings is 1. The normalized spacial score (nSPS) is 9.13. The van der Waals surface area contributed by atoms with Crippen molar-refractivity contribution >= 4 is 5.97 Å². The molecule has 0 amide bonds. The average molecular weight is 208 g/mol. The highest BCUT2D eigenvalue weighted by Crippen LogP contribution is 2.27. The first-order chi connectivity index (χ1) is 7.13. The number of hydrogen-bond donors (Lipinski definition) is 1. The third kappa shape index (κ3) is 1.96. The molecule has 1 rings (SSSR count). The number of carboxylic acid groups (broad SMARTS) is 1. The van der Waals surface area contributed by atoms with Crippen LogP contribution in [-0.4, -0.2) is 30.3 Å². The fourth-order valence-corrected chi connectivity index (χ4v) is 1.06. The smallest absolute Gasteiger partial charge is 0.345 e. The Morgan fingerprint density at radius 2 is 2.20 bits per heavy atom. The molecule has 6 heteroatoms. The Kier molecular flexibility index (Phi) is 3.08. The number of aromatic nitrogens is 1. The van der Waals surface area contributed by atoms with E-state index in [1.54, 1.807) is 6.07 Å². The van der Waals surface area contributed by atoms with E-state index < -0.39 is 5.97 Å². The van der Waals surface area contributed by atoms with Crippen molar-refractivity contribution in [3.63, 3.8) is 0 Å². The Bertz CT molecular complexity index is 411. The third-order valence-corrected chi connectivity index (χ3v) is 1.69. The van der Waals surface area contributed by atoms with Gasteiger partial charge < -0.3 is 14.6 Å². The number of hydrogen-bond acceptors (Lipinski definition) is 5. The molecule has 0 unspecified atom stereocenters. The summed E-state index contributed by atoms with van der Waals surface area (Å²) in [6, 6.07) is 3.02. The second-order valence-electron chi connectivity index (χ2n) is 2.51. The molecule has 0 atom stereocenters. The summed E-state index contributed by atoms with van der Waals surface area (Å²) in [5.74, 6) is -1.31. The number of rotatable bonds is 3. The van der Waals surface area contributed by atoms with E-state index in [2.05, 4.69) is 4.98 Å². The van der Waals surface area contributed by atoms with Gasteiger partial charge >= 0.3 is 5.97 Å². The quantitative estimate of drug-likeness (QED) is 0.784. The third-order valence-electron chi connectivity index (χ3n) is 1.69. The Hall–Kier alpha value is -2.29. The van der Waals surface area contributed by atoms with Crippen LogP contribution < -0.4 is 9.47 Å². The number of nitriles is 1. The zero-order chi connectivity index (χ0) is 11.4. The lowest BCUT2D eigenvalue weighted by molar-refractivity contribution is 0.0688. The minimum Gasteiger partial charge on any atom is -0.496 e. The van der Waals surface area contributed by atoms with E-state index in [1.165, 1.54) is 20.3 Å². The van der Waals surface area contributed by atoms with Gasteiger partial charge in [-0.15, -0.1) is 0 Å². The van der Waals surface area contributed by atoms with Gasteiger partial charge in [0, 0.05) is 6.07 Å². The van der Waals surface area contributed by atoms with Crippen LogP contribution in [0.1, 0.15) is 16.1 Å². The van der Waals surface area contributed by atoms with Gasteiger partial charge in [-0.25, -0.2) is 9.78 Å². The van der Waals surface area contributed by atoms with Gasteiger partial charge in [-0.05, 0) is 0 Å². The van der Waals surface area contributed by atoms with Crippen molar-refractivity contribution in [3.8, 4) is 17.7 Å². The molecule has 15 heavy (non-hydrogen) atoms. The molecule has 78 valence electrons. The number of carboxylic acids is 1. The van der Waals surface area contributed by atoms with Gasteiger partial charge in [0.1, 0.15) is 17.5 Å². The van der Waals surface area contributed by atoms with Crippen LogP contribution in [0.5, 0.6) is 11.6 Å². The SMILES string of the molecule is COc1cc(C#N)nc(OC)c1C(=O)O. The Morgan fingerprint density at radius 1 is 1.53 bits per heavy atom. The van der Waals surface area contributed by atoms with Crippen LogP contribution in [0.15, 0.2) is 6.07 Å². The Balaban J connectivity index is 3.48. The molecule has 1 heterocycles. The van der Waals surface area contributed by atoms with Crippen LogP contribution in [0, 0.1) is 11.3 Å². The summed E-state index contributed by atoms with van der Waals surface area (Å²) in [6.45, 7) is 0. The fraction of sp³-hybridized carbons (Fsp3) is 0.222. The second kappa shape index (κ2) is 4.28. The minimum atomic E-state index is -1.22. The van der Waals surface area contributed by atoms with E-state index in [0.717, 1.165) is 0 Å². The zero-order valence-corrected chi connectivity index (χ0v) is 8.14. The molecule has 0 fully saturated rings. The molecule has 0 saturated heterocycles. The molecule has 0 aliphatic heterocycles. The molecule has 0 radical (unpaired) electrons. The van der Waals surface area contributed by atoms with Gasteiger partial charge in [0.25, 0.3) is 0 Å². The van der Waals surface area contributed by atoms with E-state index in [0.29, 0.717) is 0 Å². The summed E-state index contributed by atoms with van der Waals surface area (Å²) < 4.78 is 9.61. The maximum atomic E-state index is 10.9. The number of ether oxygens (including phenoxy) is 2. The first-order valence-corrected chi connectivity index (χ1v) is 3.90. The average Bonchev–Trinajstić information content (AvgIpc) is 2.26. The summed E-state index contributed by atoms with van der Waals surface area (Å²) in [5.41, 5.74) is -0.160. The molecule has 1 aromatic rings. The van der Waals surface area contributed by atoms with Crippen LogP contribution in [0.2, 0.25) is 0 Å². The molecule has 6 nitrogen and oxygen atoms in total.